The third-order valence-electron chi connectivity index (χ3n) is 3.39. The Morgan fingerprint density at radius 3 is 2.88 bits per heavy atom. The molecule has 1 aromatic rings. The van der Waals surface area contributed by atoms with Gasteiger partial charge in [-0.2, -0.15) is 0 Å². The average molecular weight is 220 g/mol. The summed E-state index contributed by atoms with van der Waals surface area (Å²) in [6.45, 7) is 4.82. The van der Waals surface area contributed by atoms with Gasteiger partial charge in [0.1, 0.15) is 0 Å². The molecule has 0 radical (unpaired) electrons. The molecule has 1 aromatic carbocycles. The number of nitrogens with zero attached hydrogens (tertiary/aromatic N) is 1. The van der Waals surface area contributed by atoms with E-state index in [2.05, 4.69) is 30.0 Å². The largest absolute Gasteiger partial charge is 0.380 e. The van der Waals surface area contributed by atoms with Crippen LogP contribution >= 0.6 is 0 Å². The fraction of sp³-hybridized carbons (Fsp3) is 0.538. The van der Waals surface area contributed by atoms with Crippen LogP contribution < -0.4 is 10.6 Å². The van der Waals surface area contributed by atoms with Crippen molar-refractivity contribution in [3.63, 3.8) is 0 Å². The summed E-state index contributed by atoms with van der Waals surface area (Å²) >= 11 is 0. The Hall–Kier alpha value is -1.06. The summed E-state index contributed by atoms with van der Waals surface area (Å²) in [4.78, 5) is 2.38. The van der Waals surface area contributed by atoms with Gasteiger partial charge in [-0.05, 0) is 36.6 Å². The first kappa shape index (κ1) is 11.4. The van der Waals surface area contributed by atoms with Gasteiger partial charge >= 0.3 is 0 Å². The molecule has 3 heteroatoms. The second-order valence-corrected chi connectivity index (χ2v) is 4.41. The van der Waals surface area contributed by atoms with Crippen LogP contribution in [0.15, 0.2) is 18.2 Å². The van der Waals surface area contributed by atoms with E-state index in [0.29, 0.717) is 12.6 Å². The highest BCUT2D eigenvalue weighted by Crippen LogP contribution is 2.23. The molecule has 0 aliphatic carbocycles. The van der Waals surface area contributed by atoms with E-state index in [9.17, 15) is 0 Å². The molecule has 1 atom stereocenters. The number of methoxy groups -OCH3 is 1. The van der Waals surface area contributed by atoms with Crippen molar-refractivity contribution in [2.24, 2.45) is 5.73 Å². The van der Waals surface area contributed by atoms with Crippen LogP contribution in [0.1, 0.15) is 17.5 Å². The van der Waals surface area contributed by atoms with Crippen molar-refractivity contribution in [1.29, 1.82) is 0 Å². The van der Waals surface area contributed by atoms with E-state index in [1.54, 1.807) is 7.11 Å². The molecule has 88 valence electrons. The maximum atomic E-state index is 5.66. The highest BCUT2D eigenvalue weighted by molar-refractivity contribution is 5.51. The average Bonchev–Trinajstić information content (AvgIpc) is 2.77. The van der Waals surface area contributed by atoms with Gasteiger partial charge in [0, 0.05) is 32.4 Å². The molecule has 16 heavy (non-hydrogen) atoms. The monoisotopic (exact) mass is 220 g/mol. The SMILES string of the molecule is COC1CCN(c2ccc(CN)c(C)c2)C1. The summed E-state index contributed by atoms with van der Waals surface area (Å²) in [6.07, 6.45) is 1.50. The minimum Gasteiger partial charge on any atom is -0.380 e. The normalized spacial score (nSPS) is 20.4. The Morgan fingerprint density at radius 1 is 1.50 bits per heavy atom. The number of aryl methyl sites for hydroxylation is 1. The van der Waals surface area contributed by atoms with Gasteiger partial charge in [-0.1, -0.05) is 6.07 Å². The van der Waals surface area contributed by atoms with Crippen molar-refractivity contribution >= 4 is 5.69 Å². The standard InChI is InChI=1S/C13H20N2O/c1-10-7-12(4-3-11(10)8-14)15-6-5-13(9-15)16-2/h3-4,7,13H,5-6,8-9,14H2,1-2H3. The fourth-order valence-corrected chi connectivity index (χ4v) is 2.26. The van der Waals surface area contributed by atoms with Crippen molar-refractivity contribution in [3.8, 4) is 0 Å². The minimum atomic E-state index is 0.384. The Bertz CT molecular complexity index is 365. The maximum absolute atomic E-state index is 5.66. The summed E-state index contributed by atoms with van der Waals surface area (Å²) in [5.41, 5.74) is 9.46. The Labute approximate surface area is 97.2 Å². The number of hydrogen-bond acceptors (Lipinski definition) is 3. The number of ether oxygens (including phenoxy) is 1. The van der Waals surface area contributed by atoms with Crippen LogP contribution in [0.5, 0.6) is 0 Å². The minimum absolute atomic E-state index is 0.384. The van der Waals surface area contributed by atoms with Crippen LogP contribution in [0.2, 0.25) is 0 Å². The summed E-state index contributed by atoms with van der Waals surface area (Å²) in [5.74, 6) is 0. The van der Waals surface area contributed by atoms with Gasteiger partial charge in [0.25, 0.3) is 0 Å². The second-order valence-electron chi connectivity index (χ2n) is 4.41. The van der Waals surface area contributed by atoms with E-state index >= 15 is 0 Å². The van der Waals surface area contributed by atoms with Crippen LogP contribution in [0.4, 0.5) is 5.69 Å². The molecular weight excluding hydrogens is 200 g/mol. The highest BCUT2D eigenvalue weighted by Gasteiger charge is 2.22. The first-order valence-corrected chi connectivity index (χ1v) is 5.82. The summed E-state index contributed by atoms with van der Waals surface area (Å²) in [7, 11) is 1.79. The Morgan fingerprint density at radius 2 is 2.31 bits per heavy atom. The molecule has 2 N–H and O–H groups in total. The molecule has 1 fully saturated rings. The van der Waals surface area contributed by atoms with E-state index < -0.39 is 0 Å². The zero-order valence-corrected chi connectivity index (χ0v) is 10.1. The van der Waals surface area contributed by atoms with Gasteiger partial charge in [0.15, 0.2) is 0 Å². The number of nitrogens with two attached hydrogens (primary N) is 1. The number of rotatable bonds is 3. The molecule has 0 aromatic heterocycles. The zero-order valence-electron chi connectivity index (χ0n) is 10.1. The topological polar surface area (TPSA) is 38.5 Å². The van der Waals surface area contributed by atoms with Crippen molar-refractivity contribution in [2.45, 2.75) is 26.0 Å². The van der Waals surface area contributed by atoms with Gasteiger partial charge in [-0.3, -0.25) is 0 Å². The summed E-state index contributed by atoms with van der Waals surface area (Å²) in [6, 6.07) is 6.51. The molecule has 0 amide bonds. The summed E-state index contributed by atoms with van der Waals surface area (Å²) < 4.78 is 5.38. The summed E-state index contributed by atoms with van der Waals surface area (Å²) in [5, 5.41) is 0. The molecule has 0 spiro atoms. The van der Waals surface area contributed by atoms with Gasteiger partial charge in [0.2, 0.25) is 0 Å². The Balaban J connectivity index is 2.13. The Kier molecular flexibility index (Phi) is 3.46. The van der Waals surface area contributed by atoms with Gasteiger partial charge in [-0.15, -0.1) is 0 Å². The quantitative estimate of drug-likeness (QED) is 0.842. The zero-order chi connectivity index (χ0) is 11.5. The number of anilines is 1. The lowest BCUT2D eigenvalue weighted by Crippen LogP contribution is -2.22. The van der Waals surface area contributed by atoms with Crippen molar-refractivity contribution < 1.29 is 4.74 Å². The van der Waals surface area contributed by atoms with Gasteiger partial charge in [-0.25, -0.2) is 0 Å². The van der Waals surface area contributed by atoms with E-state index in [1.165, 1.54) is 16.8 Å². The number of benzene rings is 1. The van der Waals surface area contributed by atoms with E-state index in [0.717, 1.165) is 19.5 Å². The lowest BCUT2D eigenvalue weighted by Gasteiger charge is -2.19. The lowest BCUT2D eigenvalue weighted by atomic mass is 10.1. The van der Waals surface area contributed by atoms with Crippen LogP contribution in [-0.4, -0.2) is 26.3 Å². The van der Waals surface area contributed by atoms with Crippen LogP contribution in [-0.2, 0) is 11.3 Å². The van der Waals surface area contributed by atoms with E-state index in [-0.39, 0.29) is 0 Å². The van der Waals surface area contributed by atoms with E-state index in [1.807, 2.05) is 0 Å². The van der Waals surface area contributed by atoms with Gasteiger partial charge in [0.05, 0.1) is 6.10 Å². The first-order chi connectivity index (χ1) is 7.74. The molecule has 3 nitrogen and oxygen atoms in total. The molecule has 1 aliphatic heterocycles. The highest BCUT2D eigenvalue weighted by atomic mass is 16.5. The van der Waals surface area contributed by atoms with Crippen LogP contribution in [0.25, 0.3) is 0 Å². The molecule has 2 rings (SSSR count). The first-order valence-electron chi connectivity index (χ1n) is 5.82. The third kappa shape index (κ3) is 2.20. The fourth-order valence-electron chi connectivity index (χ4n) is 2.26. The molecule has 1 saturated heterocycles. The maximum Gasteiger partial charge on any atom is 0.0762 e. The van der Waals surface area contributed by atoms with Crippen LogP contribution in [0, 0.1) is 6.92 Å². The molecule has 1 unspecified atom stereocenters. The molecular formula is C13H20N2O. The van der Waals surface area contributed by atoms with Crippen molar-refractivity contribution in [3.05, 3.63) is 29.3 Å². The molecule has 1 heterocycles. The second kappa shape index (κ2) is 4.85. The molecule has 0 bridgehead atoms. The number of hydrogen-bond donors (Lipinski definition) is 1. The predicted molar refractivity (Wildman–Crippen MR) is 66.7 cm³/mol. The van der Waals surface area contributed by atoms with Gasteiger partial charge < -0.3 is 15.4 Å². The molecule has 0 saturated carbocycles. The lowest BCUT2D eigenvalue weighted by molar-refractivity contribution is 0.121. The van der Waals surface area contributed by atoms with E-state index in [4.69, 9.17) is 10.5 Å². The third-order valence-corrected chi connectivity index (χ3v) is 3.39. The van der Waals surface area contributed by atoms with Crippen molar-refractivity contribution in [1.82, 2.24) is 0 Å². The van der Waals surface area contributed by atoms with Crippen LogP contribution in [0.3, 0.4) is 0 Å². The smallest absolute Gasteiger partial charge is 0.0762 e. The predicted octanol–water partition coefficient (Wildman–Crippen LogP) is 1.68. The van der Waals surface area contributed by atoms with Crippen molar-refractivity contribution in [2.75, 3.05) is 25.1 Å². The molecule has 1 aliphatic rings.